The van der Waals surface area contributed by atoms with E-state index in [1.54, 1.807) is 0 Å². The highest BCUT2D eigenvalue weighted by atomic mass is 32.2. The molecule has 1 atom stereocenters. The van der Waals surface area contributed by atoms with Crippen molar-refractivity contribution in [2.75, 3.05) is 12.0 Å². The molecule has 0 aliphatic heterocycles. The number of hydrogen-bond donors (Lipinski definition) is 2. The summed E-state index contributed by atoms with van der Waals surface area (Å²) in [6.45, 7) is 1.91. The molecular weight excluding hydrogens is 272 g/mol. The first-order valence-corrected chi connectivity index (χ1v) is 7.55. The molecule has 6 nitrogen and oxygen atoms in total. The van der Waals surface area contributed by atoms with E-state index in [4.69, 9.17) is 11.5 Å². The minimum Gasteiger partial charge on any atom is -0.397 e. The molecule has 1 amide bonds. The Bertz CT molecular complexity index is 665. The van der Waals surface area contributed by atoms with Crippen LogP contribution in [0.15, 0.2) is 5.16 Å². The van der Waals surface area contributed by atoms with Crippen LogP contribution in [0.2, 0.25) is 0 Å². The summed E-state index contributed by atoms with van der Waals surface area (Å²) in [6, 6.07) is 0. The number of nitrogens with zero attached hydrogens (tertiary/aromatic N) is 2. The quantitative estimate of drug-likeness (QED) is 0.804. The fourth-order valence-corrected chi connectivity index (χ4v) is 3.12. The van der Waals surface area contributed by atoms with Crippen LogP contribution in [0.5, 0.6) is 0 Å². The van der Waals surface area contributed by atoms with Gasteiger partial charge in [-0.25, -0.2) is 9.97 Å². The Hall–Kier alpha value is -1.54. The molecule has 0 aliphatic carbocycles. The summed E-state index contributed by atoms with van der Waals surface area (Å²) in [5, 5.41) is 0.891. The number of thiophene rings is 1. The molecule has 2 rings (SSSR count). The molecule has 18 heavy (non-hydrogen) atoms. The highest BCUT2D eigenvalue weighted by Gasteiger charge is 2.19. The van der Waals surface area contributed by atoms with Crippen LogP contribution < -0.4 is 11.5 Å². The van der Waals surface area contributed by atoms with Crippen LogP contribution >= 0.6 is 11.3 Å². The molecule has 0 bridgehead atoms. The maximum atomic E-state index is 11.5. The monoisotopic (exact) mass is 284 g/mol. The molecule has 0 aliphatic rings. The Morgan fingerprint density at radius 3 is 2.61 bits per heavy atom. The van der Waals surface area contributed by atoms with E-state index in [-0.39, 0.29) is 10.0 Å². The summed E-state index contributed by atoms with van der Waals surface area (Å²) in [5.41, 5.74) is 12.1. The van der Waals surface area contributed by atoms with Gasteiger partial charge in [0.2, 0.25) is 5.16 Å². The lowest BCUT2D eigenvalue weighted by Crippen LogP contribution is -2.10. The van der Waals surface area contributed by atoms with Crippen LogP contribution in [0.25, 0.3) is 10.2 Å². The number of hydrogen-bond acceptors (Lipinski definition) is 6. The number of rotatable bonds is 3. The van der Waals surface area contributed by atoms with Crippen molar-refractivity contribution in [2.24, 2.45) is 5.73 Å². The van der Waals surface area contributed by atoms with E-state index in [0.29, 0.717) is 28.0 Å². The third-order valence-electron chi connectivity index (χ3n) is 2.46. The second kappa shape index (κ2) is 4.62. The fraction of sp³-hybridized carbons (Fsp3) is 0.300. The predicted octanol–water partition coefficient (Wildman–Crippen LogP) is 0.672. The van der Waals surface area contributed by atoms with Gasteiger partial charge in [-0.15, -0.1) is 11.3 Å². The number of aryl methyl sites for hydroxylation is 1. The number of fused-ring (bicyclic) bond motifs is 1. The van der Waals surface area contributed by atoms with Crippen molar-refractivity contribution in [1.82, 2.24) is 9.97 Å². The van der Waals surface area contributed by atoms with Gasteiger partial charge in [0.25, 0.3) is 5.91 Å². The second-order valence-electron chi connectivity index (χ2n) is 3.65. The summed E-state index contributed by atoms with van der Waals surface area (Å²) < 4.78 is 11.5. The maximum Gasteiger partial charge on any atom is 0.260 e. The Balaban J connectivity index is 2.84. The fourth-order valence-electron chi connectivity index (χ4n) is 1.64. The van der Waals surface area contributed by atoms with Gasteiger partial charge in [0.1, 0.15) is 9.71 Å². The maximum absolute atomic E-state index is 11.5. The van der Waals surface area contributed by atoms with Gasteiger partial charge in [0, 0.05) is 6.26 Å². The molecule has 2 aromatic heterocycles. The Morgan fingerprint density at radius 1 is 1.44 bits per heavy atom. The molecule has 0 aromatic carbocycles. The van der Waals surface area contributed by atoms with Crippen molar-refractivity contribution in [3.8, 4) is 0 Å². The number of amides is 1. The number of anilines is 1. The van der Waals surface area contributed by atoms with Crippen LogP contribution in [0, 0.1) is 0 Å². The zero-order chi connectivity index (χ0) is 13.4. The number of carbonyl (C=O) groups excluding carboxylic acids is 1. The lowest BCUT2D eigenvalue weighted by atomic mass is 10.2. The smallest absolute Gasteiger partial charge is 0.260 e. The van der Waals surface area contributed by atoms with E-state index in [2.05, 4.69) is 9.97 Å². The first kappa shape index (κ1) is 12.9. The predicted molar refractivity (Wildman–Crippen MR) is 72.1 cm³/mol. The van der Waals surface area contributed by atoms with Gasteiger partial charge in [-0.2, -0.15) is 0 Å². The third-order valence-corrected chi connectivity index (χ3v) is 4.27. The minimum atomic E-state index is -1.28. The van der Waals surface area contributed by atoms with Gasteiger partial charge < -0.3 is 11.5 Å². The van der Waals surface area contributed by atoms with Crippen LogP contribution in [0.4, 0.5) is 5.69 Å². The second-order valence-corrected chi connectivity index (χ2v) is 5.92. The molecule has 96 valence electrons. The molecule has 0 saturated heterocycles. The zero-order valence-electron chi connectivity index (χ0n) is 9.89. The van der Waals surface area contributed by atoms with Crippen LogP contribution in [0.1, 0.15) is 22.3 Å². The SMILES string of the molecule is CCc1nc(S(C)=O)nc2sc(C(N)=O)c(N)c12. The van der Waals surface area contributed by atoms with Gasteiger partial charge in [0.15, 0.2) is 0 Å². The van der Waals surface area contributed by atoms with Gasteiger partial charge in [-0.05, 0) is 6.42 Å². The first-order chi connectivity index (χ1) is 8.45. The number of nitrogen functional groups attached to an aromatic ring is 1. The molecule has 0 fully saturated rings. The molecule has 0 radical (unpaired) electrons. The lowest BCUT2D eigenvalue weighted by molar-refractivity contribution is 0.100. The highest BCUT2D eigenvalue weighted by Crippen LogP contribution is 2.34. The average Bonchev–Trinajstić information content (AvgIpc) is 2.66. The lowest BCUT2D eigenvalue weighted by Gasteiger charge is -2.02. The molecular formula is C10H12N4O2S2. The molecule has 2 aromatic rings. The van der Waals surface area contributed by atoms with Crippen molar-refractivity contribution in [3.63, 3.8) is 0 Å². The number of aromatic nitrogens is 2. The van der Waals surface area contributed by atoms with E-state index < -0.39 is 16.7 Å². The van der Waals surface area contributed by atoms with E-state index in [9.17, 15) is 9.00 Å². The molecule has 2 heterocycles. The summed E-state index contributed by atoms with van der Waals surface area (Å²) in [4.78, 5) is 20.5. The van der Waals surface area contributed by atoms with Crippen molar-refractivity contribution >= 4 is 43.9 Å². The van der Waals surface area contributed by atoms with Crippen LogP contribution in [0.3, 0.4) is 0 Å². The van der Waals surface area contributed by atoms with E-state index >= 15 is 0 Å². The third kappa shape index (κ3) is 1.97. The number of nitrogens with two attached hydrogens (primary N) is 2. The van der Waals surface area contributed by atoms with Gasteiger partial charge in [-0.1, -0.05) is 6.92 Å². The largest absolute Gasteiger partial charge is 0.397 e. The van der Waals surface area contributed by atoms with E-state index in [1.807, 2.05) is 6.92 Å². The first-order valence-electron chi connectivity index (χ1n) is 5.17. The Morgan fingerprint density at radius 2 is 2.11 bits per heavy atom. The van der Waals surface area contributed by atoms with Crippen molar-refractivity contribution in [2.45, 2.75) is 18.5 Å². The van der Waals surface area contributed by atoms with Crippen LogP contribution in [-0.4, -0.2) is 26.3 Å². The molecule has 0 saturated carbocycles. The molecule has 1 unspecified atom stereocenters. The van der Waals surface area contributed by atoms with Gasteiger partial charge >= 0.3 is 0 Å². The minimum absolute atomic E-state index is 0.247. The molecule has 4 N–H and O–H groups in total. The molecule has 0 spiro atoms. The van der Waals surface area contributed by atoms with E-state index in [1.165, 1.54) is 6.26 Å². The number of carbonyl (C=O) groups is 1. The van der Waals surface area contributed by atoms with E-state index in [0.717, 1.165) is 11.3 Å². The van der Waals surface area contributed by atoms with Crippen molar-refractivity contribution < 1.29 is 9.00 Å². The highest BCUT2D eigenvalue weighted by molar-refractivity contribution is 7.84. The summed E-state index contributed by atoms with van der Waals surface area (Å²) in [7, 11) is -1.28. The Labute approximate surface area is 110 Å². The topological polar surface area (TPSA) is 112 Å². The summed E-state index contributed by atoms with van der Waals surface area (Å²) >= 11 is 1.11. The zero-order valence-corrected chi connectivity index (χ0v) is 11.5. The molecule has 8 heteroatoms. The van der Waals surface area contributed by atoms with Crippen molar-refractivity contribution in [3.05, 3.63) is 10.6 Å². The van der Waals surface area contributed by atoms with Gasteiger partial charge in [-0.3, -0.25) is 9.00 Å². The van der Waals surface area contributed by atoms with Crippen molar-refractivity contribution in [1.29, 1.82) is 0 Å². The average molecular weight is 284 g/mol. The number of primary amides is 1. The summed E-state index contributed by atoms with van der Waals surface area (Å²) in [5.74, 6) is -0.586. The normalized spacial score (nSPS) is 12.8. The van der Waals surface area contributed by atoms with Gasteiger partial charge in [0.05, 0.1) is 27.6 Å². The Kier molecular flexibility index (Phi) is 3.31. The van der Waals surface area contributed by atoms with Crippen LogP contribution in [-0.2, 0) is 17.2 Å². The standard InChI is InChI=1S/C10H12N4O2S2/c1-3-4-5-6(11)7(8(12)15)17-9(5)14-10(13-4)18(2)16/h3,11H2,1-2H3,(H2,12,15). The summed E-state index contributed by atoms with van der Waals surface area (Å²) in [6.07, 6.45) is 2.12.